The molecule has 1 heterocycles. The molecule has 0 bridgehead atoms. The molecule has 0 fully saturated rings. The third kappa shape index (κ3) is 4.88. The van der Waals surface area contributed by atoms with Crippen molar-refractivity contribution < 1.29 is 19.1 Å². The minimum atomic E-state index is -0.479. The Morgan fingerprint density at radius 1 is 0.969 bits per heavy atom. The first-order valence-corrected chi connectivity index (χ1v) is 10.5. The van der Waals surface area contributed by atoms with Gasteiger partial charge in [-0.05, 0) is 51.0 Å². The van der Waals surface area contributed by atoms with E-state index in [-0.39, 0.29) is 24.2 Å². The fourth-order valence-electron chi connectivity index (χ4n) is 3.56. The Morgan fingerprint density at radius 2 is 1.62 bits per heavy atom. The molecule has 3 rings (SSSR count). The van der Waals surface area contributed by atoms with Crippen LogP contribution in [0.25, 0.3) is 0 Å². The normalized spacial score (nSPS) is 11.5. The predicted octanol–water partition coefficient (Wildman–Crippen LogP) is 4.55. The van der Waals surface area contributed by atoms with Crippen LogP contribution in [0.2, 0.25) is 0 Å². The maximum absolute atomic E-state index is 13.0. The number of nitrogens with one attached hydrogen (secondary N) is 3. The Labute approximate surface area is 187 Å². The molecule has 0 radical (unpaired) electrons. The summed E-state index contributed by atoms with van der Waals surface area (Å²) in [5.74, 6) is -1.23. The smallest absolute Gasteiger partial charge is 0.340 e. The number of esters is 1. The van der Waals surface area contributed by atoms with Gasteiger partial charge in [0.25, 0.3) is 11.8 Å². The molecule has 2 aromatic carbocycles. The number of amides is 2. The predicted molar refractivity (Wildman–Crippen MR) is 123 cm³/mol. The molecule has 3 aromatic rings. The molecule has 32 heavy (non-hydrogen) atoms. The molecular weight excluding hydrogens is 406 g/mol. The van der Waals surface area contributed by atoms with Crippen LogP contribution >= 0.6 is 0 Å². The summed E-state index contributed by atoms with van der Waals surface area (Å²) in [7, 11) is 0. The van der Waals surface area contributed by atoms with E-state index in [0.717, 1.165) is 5.56 Å². The third-order valence-corrected chi connectivity index (χ3v) is 5.21. The van der Waals surface area contributed by atoms with Crippen LogP contribution in [0.5, 0.6) is 0 Å². The van der Waals surface area contributed by atoms with Crippen molar-refractivity contribution in [1.29, 1.82) is 0 Å². The average Bonchev–Trinajstić information content (AvgIpc) is 3.08. The Morgan fingerprint density at radius 3 is 2.31 bits per heavy atom. The molecule has 2 amide bonds. The number of carbonyl (C=O) groups excluding carboxylic acids is 3. The third-order valence-electron chi connectivity index (χ3n) is 5.21. The highest BCUT2D eigenvalue weighted by Gasteiger charge is 2.24. The highest BCUT2D eigenvalue weighted by atomic mass is 16.5. The van der Waals surface area contributed by atoms with Gasteiger partial charge in [-0.25, -0.2) is 4.79 Å². The first-order chi connectivity index (χ1) is 15.3. The lowest BCUT2D eigenvalue weighted by molar-refractivity contribution is 0.0524. The van der Waals surface area contributed by atoms with E-state index in [2.05, 4.69) is 15.6 Å². The second-order valence-corrected chi connectivity index (χ2v) is 7.45. The minimum absolute atomic E-state index is 0.201. The van der Waals surface area contributed by atoms with Crippen molar-refractivity contribution in [3.05, 3.63) is 88.2 Å². The summed E-state index contributed by atoms with van der Waals surface area (Å²) in [6.45, 7) is 7.27. The molecule has 7 nitrogen and oxygen atoms in total. The Balaban J connectivity index is 1.81. The monoisotopic (exact) mass is 433 g/mol. The van der Waals surface area contributed by atoms with Crippen molar-refractivity contribution in [2.75, 3.05) is 11.9 Å². The molecule has 0 saturated heterocycles. The standard InChI is InChI=1S/C25H27N3O4/c1-5-32-25(31)21-15(2)22(26-17(21)4)24(30)28-20-14-10-9-13-19(20)23(29)27-16(3)18-11-7-6-8-12-18/h6-14,16,26H,5H2,1-4H3,(H,27,29)(H,28,30)/t16-/m0/s1. The summed E-state index contributed by atoms with van der Waals surface area (Å²) < 4.78 is 5.08. The maximum Gasteiger partial charge on any atom is 0.340 e. The summed E-state index contributed by atoms with van der Waals surface area (Å²) in [6, 6.07) is 16.2. The van der Waals surface area contributed by atoms with Crippen LogP contribution in [0.1, 0.15) is 67.9 Å². The van der Waals surface area contributed by atoms with Gasteiger partial charge in [-0.3, -0.25) is 9.59 Å². The van der Waals surface area contributed by atoms with Gasteiger partial charge in [-0.1, -0.05) is 42.5 Å². The summed E-state index contributed by atoms with van der Waals surface area (Å²) >= 11 is 0. The van der Waals surface area contributed by atoms with Crippen molar-refractivity contribution in [3.63, 3.8) is 0 Å². The number of aromatic nitrogens is 1. The van der Waals surface area contributed by atoms with Gasteiger partial charge in [0.2, 0.25) is 0 Å². The Bertz CT molecular complexity index is 1140. The van der Waals surface area contributed by atoms with Gasteiger partial charge in [0.05, 0.1) is 29.5 Å². The second kappa shape index (κ2) is 9.96. The number of para-hydroxylation sites is 1. The minimum Gasteiger partial charge on any atom is -0.462 e. The molecule has 7 heteroatoms. The zero-order valence-corrected chi connectivity index (χ0v) is 18.6. The van der Waals surface area contributed by atoms with Crippen LogP contribution in [-0.4, -0.2) is 29.4 Å². The SMILES string of the molecule is CCOC(=O)c1c(C)[nH]c(C(=O)Nc2ccccc2C(=O)N[C@@H](C)c2ccccc2)c1C. The van der Waals surface area contributed by atoms with Crippen LogP contribution in [0.15, 0.2) is 54.6 Å². The number of H-pyrrole nitrogens is 1. The second-order valence-electron chi connectivity index (χ2n) is 7.45. The van der Waals surface area contributed by atoms with E-state index in [9.17, 15) is 14.4 Å². The van der Waals surface area contributed by atoms with Crippen LogP contribution < -0.4 is 10.6 Å². The molecule has 0 aliphatic heterocycles. The van der Waals surface area contributed by atoms with Crippen LogP contribution in [0.4, 0.5) is 5.69 Å². The Hall–Kier alpha value is -3.87. The number of carbonyl (C=O) groups is 3. The highest BCUT2D eigenvalue weighted by Crippen LogP contribution is 2.22. The molecule has 1 aromatic heterocycles. The molecule has 3 N–H and O–H groups in total. The number of hydrogen-bond donors (Lipinski definition) is 3. The molecule has 0 aliphatic rings. The van der Waals surface area contributed by atoms with E-state index in [4.69, 9.17) is 4.74 Å². The first kappa shape index (κ1) is 22.8. The van der Waals surface area contributed by atoms with E-state index in [1.165, 1.54) is 0 Å². The molecular formula is C25H27N3O4. The molecule has 0 saturated carbocycles. The molecule has 0 unspecified atom stereocenters. The largest absolute Gasteiger partial charge is 0.462 e. The number of hydrogen-bond acceptors (Lipinski definition) is 4. The number of anilines is 1. The molecule has 1 atom stereocenters. The lowest BCUT2D eigenvalue weighted by Crippen LogP contribution is -2.28. The van der Waals surface area contributed by atoms with Crippen molar-refractivity contribution in [2.24, 2.45) is 0 Å². The topological polar surface area (TPSA) is 100 Å². The van der Waals surface area contributed by atoms with E-state index < -0.39 is 11.9 Å². The lowest BCUT2D eigenvalue weighted by atomic mass is 10.1. The zero-order chi connectivity index (χ0) is 23.3. The quantitative estimate of drug-likeness (QED) is 0.476. The number of aryl methyl sites for hydroxylation is 1. The van der Waals surface area contributed by atoms with Gasteiger partial charge < -0.3 is 20.4 Å². The number of aromatic amines is 1. The number of benzene rings is 2. The van der Waals surface area contributed by atoms with E-state index in [1.807, 2.05) is 37.3 Å². The number of rotatable bonds is 7. The van der Waals surface area contributed by atoms with Crippen molar-refractivity contribution in [3.8, 4) is 0 Å². The highest BCUT2D eigenvalue weighted by molar-refractivity contribution is 6.10. The molecule has 0 aliphatic carbocycles. The summed E-state index contributed by atoms with van der Waals surface area (Å²) in [4.78, 5) is 41.1. The maximum atomic E-state index is 13.0. The van der Waals surface area contributed by atoms with Gasteiger partial charge in [0, 0.05) is 5.69 Å². The van der Waals surface area contributed by atoms with Gasteiger partial charge >= 0.3 is 5.97 Å². The fraction of sp³-hybridized carbons (Fsp3) is 0.240. The van der Waals surface area contributed by atoms with E-state index >= 15 is 0 Å². The van der Waals surface area contributed by atoms with Gasteiger partial charge in [0.15, 0.2) is 0 Å². The van der Waals surface area contributed by atoms with Crippen LogP contribution in [0.3, 0.4) is 0 Å². The zero-order valence-electron chi connectivity index (χ0n) is 18.6. The molecule has 166 valence electrons. The van der Waals surface area contributed by atoms with Crippen molar-refractivity contribution >= 4 is 23.5 Å². The fourth-order valence-corrected chi connectivity index (χ4v) is 3.56. The lowest BCUT2D eigenvalue weighted by Gasteiger charge is -2.16. The van der Waals surface area contributed by atoms with Crippen molar-refractivity contribution in [1.82, 2.24) is 10.3 Å². The van der Waals surface area contributed by atoms with Gasteiger partial charge in [-0.15, -0.1) is 0 Å². The number of ether oxygens (including phenoxy) is 1. The van der Waals surface area contributed by atoms with Crippen LogP contribution in [0, 0.1) is 13.8 Å². The van der Waals surface area contributed by atoms with E-state index in [0.29, 0.717) is 28.1 Å². The summed E-state index contributed by atoms with van der Waals surface area (Å²) in [5.41, 5.74) is 3.34. The van der Waals surface area contributed by atoms with Gasteiger partial charge in [-0.2, -0.15) is 0 Å². The average molecular weight is 434 g/mol. The van der Waals surface area contributed by atoms with Gasteiger partial charge in [0.1, 0.15) is 5.69 Å². The Kier molecular flexibility index (Phi) is 7.10. The van der Waals surface area contributed by atoms with Crippen molar-refractivity contribution in [2.45, 2.75) is 33.7 Å². The van der Waals surface area contributed by atoms with Crippen LogP contribution in [-0.2, 0) is 4.74 Å². The first-order valence-electron chi connectivity index (χ1n) is 10.5. The summed E-state index contributed by atoms with van der Waals surface area (Å²) in [5, 5.41) is 5.75. The molecule has 0 spiro atoms. The van der Waals surface area contributed by atoms with E-state index in [1.54, 1.807) is 45.0 Å². The summed E-state index contributed by atoms with van der Waals surface area (Å²) in [6.07, 6.45) is 0.